The van der Waals surface area contributed by atoms with Gasteiger partial charge in [0.05, 0.1) is 34.0 Å². The van der Waals surface area contributed by atoms with Gasteiger partial charge < -0.3 is 23.7 Å². The zero-order valence-electron chi connectivity index (χ0n) is 17.7. The SMILES string of the molecule is COc1cccc(OC)c1C(=O)c1c(OC)cc(C(=O)OC(C)(C)C)cc1OC. The van der Waals surface area contributed by atoms with Crippen LogP contribution in [0.3, 0.4) is 0 Å². The fraction of sp³-hybridized carbons (Fsp3) is 0.364. The van der Waals surface area contributed by atoms with Crippen LogP contribution < -0.4 is 18.9 Å². The molecular formula is C22H26O7. The summed E-state index contributed by atoms with van der Waals surface area (Å²) in [5.41, 5.74) is -0.0991. The van der Waals surface area contributed by atoms with Gasteiger partial charge in [-0.15, -0.1) is 0 Å². The maximum absolute atomic E-state index is 13.4. The van der Waals surface area contributed by atoms with E-state index in [1.54, 1.807) is 39.0 Å². The number of ether oxygens (including phenoxy) is 5. The van der Waals surface area contributed by atoms with Crippen molar-refractivity contribution >= 4 is 11.8 Å². The van der Waals surface area contributed by atoms with Gasteiger partial charge in [0.1, 0.15) is 39.7 Å². The summed E-state index contributed by atoms with van der Waals surface area (Å²) in [6.07, 6.45) is 0. The minimum atomic E-state index is -0.670. The molecule has 156 valence electrons. The molecule has 0 radical (unpaired) electrons. The molecule has 0 aromatic heterocycles. The molecular weight excluding hydrogens is 376 g/mol. The van der Waals surface area contributed by atoms with Crippen LogP contribution in [0, 0.1) is 0 Å². The Labute approximate surface area is 170 Å². The number of benzene rings is 2. The summed E-state index contributed by atoms with van der Waals surface area (Å²) in [5.74, 6) is 0.0439. The number of hydrogen-bond donors (Lipinski definition) is 0. The van der Waals surface area contributed by atoms with Crippen LogP contribution >= 0.6 is 0 Å². The fourth-order valence-electron chi connectivity index (χ4n) is 2.79. The summed E-state index contributed by atoms with van der Waals surface area (Å²) < 4.78 is 26.9. The first kappa shape index (κ1) is 22.1. The van der Waals surface area contributed by atoms with Gasteiger partial charge in [0.25, 0.3) is 0 Å². The van der Waals surface area contributed by atoms with Crippen LogP contribution in [0.2, 0.25) is 0 Å². The topological polar surface area (TPSA) is 80.3 Å². The van der Waals surface area contributed by atoms with Crippen molar-refractivity contribution in [2.24, 2.45) is 0 Å². The van der Waals surface area contributed by atoms with Crippen LogP contribution in [0.5, 0.6) is 23.0 Å². The lowest BCUT2D eigenvalue weighted by Crippen LogP contribution is -2.24. The lowest BCUT2D eigenvalue weighted by atomic mass is 9.97. The molecule has 7 heteroatoms. The van der Waals surface area contributed by atoms with Crippen LogP contribution in [0.25, 0.3) is 0 Å². The van der Waals surface area contributed by atoms with E-state index in [-0.39, 0.29) is 28.2 Å². The maximum atomic E-state index is 13.4. The molecule has 0 unspecified atom stereocenters. The number of carbonyl (C=O) groups is 2. The van der Waals surface area contributed by atoms with Crippen molar-refractivity contribution in [2.45, 2.75) is 26.4 Å². The number of rotatable bonds is 7. The van der Waals surface area contributed by atoms with E-state index in [0.717, 1.165) is 0 Å². The predicted molar refractivity (Wildman–Crippen MR) is 108 cm³/mol. The fourth-order valence-corrected chi connectivity index (χ4v) is 2.79. The quantitative estimate of drug-likeness (QED) is 0.513. The Morgan fingerprint density at radius 1 is 0.724 bits per heavy atom. The van der Waals surface area contributed by atoms with Crippen LogP contribution in [0.4, 0.5) is 0 Å². The number of esters is 1. The van der Waals surface area contributed by atoms with Crippen molar-refractivity contribution < 1.29 is 33.3 Å². The van der Waals surface area contributed by atoms with E-state index in [9.17, 15) is 9.59 Å². The maximum Gasteiger partial charge on any atom is 0.338 e. The first-order valence-corrected chi connectivity index (χ1v) is 8.91. The summed E-state index contributed by atoms with van der Waals surface area (Å²) >= 11 is 0. The summed E-state index contributed by atoms with van der Waals surface area (Å²) in [7, 11) is 5.74. The molecule has 0 aliphatic heterocycles. The Morgan fingerprint density at radius 3 is 1.52 bits per heavy atom. The van der Waals surface area contributed by atoms with Gasteiger partial charge in [0.2, 0.25) is 5.78 Å². The van der Waals surface area contributed by atoms with Gasteiger partial charge in [-0.05, 0) is 45.0 Å². The highest BCUT2D eigenvalue weighted by atomic mass is 16.6. The Morgan fingerprint density at radius 2 is 1.14 bits per heavy atom. The van der Waals surface area contributed by atoms with Gasteiger partial charge in [-0.3, -0.25) is 4.79 Å². The van der Waals surface area contributed by atoms with E-state index in [0.29, 0.717) is 11.5 Å². The van der Waals surface area contributed by atoms with E-state index in [1.807, 2.05) is 0 Å². The van der Waals surface area contributed by atoms with Crippen LogP contribution in [0.1, 0.15) is 47.1 Å². The lowest BCUT2D eigenvalue weighted by Gasteiger charge is -2.21. The highest BCUT2D eigenvalue weighted by Crippen LogP contribution is 2.38. The van der Waals surface area contributed by atoms with Gasteiger partial charge in [-0.25, -0.2) is 4.79 Å². The van der Waals surface area contributed by atoms with Gasteiger partial charge in [-0.1, -0.05) is 6.07 Å². The second kappa shape index (κ2) is 8.86. The number of hydrogen-bond acceptors (Lipinski definition) is 7. The average molecular weight is 402 g/mol. The highest BCUT2D eigenvalue weighted by Gasteiger charge is 2.28. The van der Waals surface area contributed by atoms with Crippen LogP contribution in [0.15, 0.2) is 30.3 Å². The molecule has 0 bridgehead atoms. The largest absolute Gasteiger partial charge is 0.496 e. The van der Waals surface area contributed by atoms with Crippen molar-refractivity contribution in [3.8, 4) is 23.0 Å². The van der Waals surface area contributed by atoms with Crippen LogP contribution in [-0.4, -0.2) is 45.8 Å². The van der Waals surface area contributed by atoms with Gasteiger partial charge in [-0.2, -0.15) is 0 Å². The smallest absolute Gasteiger partial charge is 0.338 e. The molecule has 0 fully saturated rings. The number of ketones is 1. The molecule has 0 saturated carbocycles. The summed E-state index contributed by atoms with van der Waals surface area (Å²) in [6, 6.07) is 7.93. The monoisotopic (exact) mass is 402 g/mol. The third-order valence-corrected chi connectivity index (χ3v) is 4.02. The van der Waals surface area contributed by atoms with E-state index in [1.165, 1.54) is 40.6 Å². The molecule has 0 atom stereocenters. The standard InChI is InChI=1S/C22H26O7/c1-22(2,3)29-21(24)13-11-16(27-6)19(17(12-13)28-7)20(23)18-14(25-4)9-8-10-15(18)26-5/h8-12H,1-7H3. The van der Waals surface area contributed by atoms with Gasteiger partial charge in [0, 0.05) is 0 Å². The lowest BCUT2D eigenvalue weighted by molar-refractivity contribution is 0.00685. The average Bonchev–Trinajstić information content (AvgIpc) is 2.69. The Balaban J connectivity index is 2.65. The second-order valence-corrected chi connectivity index (χ2v) is 7.12. The second-order valence-electron chi connectivity index (χ2n) is 7.12. The molecule has 0 aliphatic rings. The molecule has 29 heavy (non-hydrogen) atoms. The Hall–Kier alpha value is -3.22. The normalized spacial score (nSPS) is 10.9. The van der Waals surface area contributed by atoms with Crippen molar-refractivity contribution in [1.29, 1.82) is 0 Å². The molecule has 2 aromatic carbocycles. The van der Waals surface area contributed by atoms with Crippen molar-refractivity contribution in [3.05, 3.63) is 47.0 Å². The van der Waals surface area contributed by atoms with E-state index < -0.39 is 17.4 Å². The zero-order chi connectivity index (χ0) is 21.8. The molecule has 2 aromatic rings. The third kappa shape index (κ3) is 4.80. The Bertz CT molecular complexity index is 863. The molecule has 0 aliphatic carbocycles. The van der Waals surface area contributed by atoms with E-state index >= 15 is 0 Å². The van der Waals surface area contributed by atoms with E-state index in [2.05, 4.69) is 0 Å². The predicted octanol–water partition coefficient (Wildman–Crippen LogP) is 3.91. The van der Waals surface area contributed by atoms with Crippen LogP contribution in [-0.2, 0) is 4.74 Å². The summed E-state index contributed by atoms with van der Waals surface area (Å²) in [5, 5.41) is 0. The highest BCUT2D eigenvalue weighted by molar-refractivity contribution is 6.16. The molecule has 0 spiro atoms. The van der Waals surface area contributed by atoms with Crippen molar-refractivity contribution in [2.75, 3.05) is 28.4 Å². The number of carbonyl (C=O) groups excluding carboxylic acids is 2. The summed E-state index contributed by atoms with van der Waals surface area (Å²) in [6.45, 7) is 5.31. The molecule has 2 rings (SSSR count). The minimum Gasteiger partial charge on any atom is -0.496 e. The summed E-state index contributed by atoms with van der Waals surface area (Å²) in [4.78, 5) is 25.9. The number of methoxy groups -OCH3 is 4. The van der Waals surface area contributed by atoms with Gasteiger partial charge >= 0.3 is 5.97 Å². The zero-order valence-corrected chi connectivity index (χ0v) is 17.7. The van der Waals surface area contributed by atoms with Gasteiger partial charge in [0.15, 0.2) is 0 Å². The molecule has 0 saturated heterocycles. The Kier molecular flexibility index (Phi) is 6.74. The minimum absolute atomic E-state index is 0.144. The molecule has 0 heterocycles. The van der Waals surface area contributed by atoms with Crippen molar-refractivity contribution in [3.63, 3.8) is 0 Å². The van der Waals surface area contributed by atoms with E-state index in [4.69, 9.17) is 23.7 Å². The third-order valence-electron chi connectivity index (χ3n) is 4.02. The molecule has 7 nitrogen and oxygen atoms in total. The van der Waals surface area contributed by atoms with Crippen molar-refractivity contribution in [1.82, 2.24) is 0 Å². The first-order chi connectivity index (χ1) is 13.7. The molecule has 0 amide bonds. The molecule has 0 N–H and O–H groups in total. The first-order valence-electron chi connectivity index (χ1n) is 8.91.